The summed E-state index contributed by atoms with van der Waals surface area (Å²) in [6.45, 7) is 0. The molecule has 12 heteroatoms. The average molecular weight is 621 g/mol. The van der Waals surface area contributed by atoms with Crippen molar-refractivity contribution in [2.75, 3.05) is 12.4 Å². The molecular weight excluding hydrogens is 593 g/mol. The van der Waals surface area contributed by atoms with Crippen LogP contribution in [0.5, 0.6) is 0 Å². The molecule has 0 bridgehead atoms. The second-order valence-corrected chi connectivity index (χ2v) is 11.6. The molecule has 0 saturated heterocycles. The minimum absolute atomic E-state index is 0.168. The molecule has 0 atom stereocenters. The lowest BCUT2D eigenvalue weighted by Gasteiger charge is -2.27. The predicted molar refractivity (Wildman–Crippen MR) is 159 cm³/mol. The van der Waals surface area contributed by atoms with Gasteiger partial charge in [0.05, 0.1) is 23.0 Å². The van der Waals surface area contributed by atoms with E-state index in [1.165, 1.54) is 19.0 Å². The fraction of sp³-hybridized carbons (Fsp3) is 0.281. The van der Waals surface area contributed by atoms with Gasteiger partial charge in [-0.1, -0.05) is 30.3 Å². The van der Waals surface area contributed by atoms with Gasteiger partial charge < -0.3 is 14.5 Å². The lowest BCUT2D eigenvalue weighted by molar-refractivity contribution is -0.153. The Labute approximate surface area is 254 Å². The Balaban J connectivity index is 1.19. The molecule has 1 aliphatic rings. The van der Waals surface area contributed by atoms with Crippen molar-refractivity contribution >= 4 is 39.1 Å². The maximum absolute atomic E-state index is 13.7. The van der Waals surface area contributed by atoms with E-state index in [-0.39, 0.29) is 17.5 Å². The number of aromatic nitrogens is 3. The van der Waals surface area contributed by atoms with Crippen LogP contribution in [-0.4, -0.2) is 33.9 Å². The zero-order valence-electron chi connectivity index (χ0n) is 23.6. The summed E-state index contributed by atoms with van der Waals surface area (Å²) < 4.78 is 51.8. The van der Waals surface area contributed by atoms with Crippen molar-refractivity contribution in [3.63, 3.8) is 0 Å². The van der Waals surface area contributed by atoms with Crippen LogP contribution in [-0.2, 0) is 15.7 Å². The Hall–Kier alpha value is -4.58. The van der Waals surface area contributed by atoms with Gasteiger partial charge >= 0.3 is 12.1 Å². The quantitative estimate of drug-likeness (QED) is 0.183. The van der Waals surface area contributed by atoms with Crippen molar-refractivity contribution in [1.82, 2.24) is 15.0 Å². The van der Waals surface area contributed by atoms with Crippen molar-refractivity contribution in [3.8, 4) is 22.7 Å². The van der Waals surface area contributed by atoms with Gasteiger partial charge in [-0.2, -0.15) is 13.2 Å². The molecule has 1 aliphatic carbocycles. The molecule has 0 aliphatic heterocycles. The number of carbonyl (C=O) groups excluding carboxylic acids is 2. The van der Waals surface area contributed by atoms with E-state index in [0.29, 0.717) is 23.8 Å². The number of nitrogens with one attached hydrogen (secondary N) is 1. The van der Waals surface area contributed by atoms with Gasteiger partial charge in [-0.15, -0.1) is 11.3 Å². The Morgan fingerprint density at radius 1 is 1.00 bits per heavy atom. The first-order valence-corrected chi connectivity index (χ1v) is 14.9. The number of nitrogens with zero attached hydrogens (tertiary/aromatic N) is 3. The molecule has 2 aromatic carbocycles. The summed E-state index contributed by atoms with van der Waals surface area (Å²) in [6.07, 6.45) is 0.915. The number of amides is 1. The number of halogens is 3. The highest BCUT2D eigenvalue weighted by Gasteiger charge is 2.42. The summed E-state index contributed by atoms with van der Waals surface area (Å²) >= 11 is 1.57. The number of benzene rings is 2. The van der Waals surface area contributed by atoms with Crippen LogP contribution in [0.3, 0.4) is 0 Å². The van der Waals surface area contributed by atoms with Crippen molar-refractivity contribution in [1.29, 1.82) is 0 Å². The van der Waals surface area contributed by atoms with Crippen molar-refractivity contribution < 1.29 is 31.9 Å². The van der Waals surface area contributed by atoms with Crippen LogP contribution in [0, 0.1) is 5.92 Å². The monoisotopic (exact) mass is 620 g/mol. The van der Waals surface area contributed by atoms with Gasteiger partial charge in [-0.3, -0.25) is 9.59 Å². The normalized spacial score (nSPS) is 17.0. The number of fused-ring (bicyclic) bond motifs is 1. The molecule has 0 unspecified atom stereocenters. The van der Waals surface area contributed by atoms with E-state index in [1.54, 1.807) is 65.9 Å². The van der Waals surface area contributed by atoms with Gasteiger partial charge in [0.25, 0.3) is 5.91 Å². The SMILES string of the molecule is COC(=O)CC1CCC(c2csc3c(-c4ccc(NC(=O)c5nc(-c6ccccc6)oc5C(F)(F)F)cc4)ncnc23)CC1. The zero-order chi connectivity index (χ0) is 30.8. The summed E-state index contributed by atoms with van der Waals surface area (Å²) in [6, 6.07) is 14.8. The lowest BCUT2D eigenvalue weighted by Crippen LogP contribution is -2.18. The first kappa shape index (κ1) is 29.5. The molecule has 6 rings (SSSR count). The van der Waals surface area contributed by atoms with Gasteiger partial charge in [0.2, 0.25) is 11.7 Å². The van der Waals surface area contributed by atoms with E-state index in [2.05, 4.69) is 25.6 Å². The summed E-state index contributed by atoms with van der Waals surface area (Å²) in [5.41, 5.74) is 3.34. The summed E-state index contributed by atoms with van der Waals surface area (Å²) in [5.74, 6) is -2.28. The number of anilines is 1. The second kappa shape index (κ2) is 12.2. The average Bonchev–Trinajstić information content (AvgIpc) is 3.68. The number of thiophene rings is 1. The number of alkyl halides is 3. The standard InChI is InChI=1S/C32H27F3N4O4S/c1-42-24(40)15-18-7-9-19(10-8-18)23-16-44-28-25(36-17-37-26(23)28)20-11-13-22(14-12-20)38-30(41)27-29(32(33,34)35)43-31(39-27)21-5-3-2-4-6-21/h2-6,11-14,16-19H,7-10,15H2,1H3,(H,38,41). The third-order valence-electron chi connectivity index (χ3n) is 7.89. The highest BCUT2D eigenvalue weighted by molar-refractivity contribution is 7.17. The van der Waals surface area contributed by atoms with Crippen LogP contribution in [0.15, 0.2) is 70.7 Å². The third kappa shape index (κ3) is 6.07. The van der Waals surface area contributed by atoms with E-state index in [9.17, 15) is 22.8 Å². The maximum Gasteiger partial charge on any atom is 0.452 e. The Bertz CT molecular complexity index is 1790. The minimum Gasteiger partial charge on any atom is -0.469 e. The molecule has 1 saturated carbocycles. The fourth-order valence-electron chi connectivity index (χ4n) is 5.63. The number of hydrogen-bond acceptors (Lipinski definition) is 8. The predicted octanol–water partition coefficient (Wildman–Crippen LogP) is 8.12. The molecular formula is C32H27F3N4O4S. The van der Waals surface area contributed by atoms with Gasteiger partial charge in [-0.25, -0.2) is 15.0 Å². The number of carbonyl (C=O) groups is 2. The van der Waals surface area contributed by atoms with E-state index in [4.69, 9.17) is 9.15 Å². The molecule has 8 nitrogen and oxygen atoms in total. The molecule has 3 aromatic heterocycles. The number of esters is 1. The van der Waals surface area contributed by atoms with E-state index < -0.39 is 23.5 Å². The first-order valence-electron chi connectivity index (χ1n) is 14.1. The molecule has 226 valence electrons. The highest BCUT2D eigenvalue weighted by atomic mass is 32.1. The van der Waals surface area contributed by atoms with E-state index in [1.807, 2.05) is 0 Å². The van der Waals surface area contributed by atoms with Crippen LogP contribution < -0.4 is 5.32 Å². The second-order valence-electron chi connectivity index (χ2n) is 10.7. The Morgan fingerprint density at radius 2 is 1.73 bits per heavy atom. The molecule has 0 spiro atoms. The van der Waals surface area contributed by atoms with Crippen LogP contribution in [0.2, 0.25) is 0 Å². The van der Waals surface area contributed by atoms with Gasteiger partial charge in [0, 0.05) is 23.2 Å². The van der Waals surface area contributed by atoms with Crippen LogP contribution in [0.25, 0.3) is 32.9 Å². The molecule has 44 heavy (non-hydrogen) atoms. The Morgan fingerprint density at radius 3 is 2.41 bits per heavy atom. The van der Waals surface area contributed by atoms with Crippen molar-refractivity contribution in [2.24, 2.45) is 5.92 Å². The van der Waals surface area contributed by atoms with E-state index >= 15 is 0 Å². The fourth-order valence-corrected chi connectivity index (χ4v) is 6.75. The summed E-state index contributed by atoms with van der Waals surface area (Å²) in [7, 11) is 1.42. The minimum atomic E-state index is -4.91. The first-order chi connectivity index (χ1) is 21.2. The number of rotatable bonds is 7. The van der Waals surface area contributed by atoms with Crippen LogP contribution in [0.4, 0.5) is 18.9 Å². The summed E-state index contributed by atoms with van der Waals surface area (Å²) in [5, 5.41) is 4.62. The van der Waals surface area contributed by atoms with Crippen LogP contribution in [0.1, 0.15) is 59.8 Å². The molecule has 1 N–H and O–H groups in total. The Kier molecular flexibility index (Phi) is 8.17. The van der Waals surface area contributed by atoms with Crippen molar-refractivity contribution in [2.45, 2.75) is 44.2 Å². The largest absolute Gasteiger partial charge is 0.469 e. The maximum atomic E-state index is 13.7. The zero-order valence-corrected chi connectivity index (χ0v) is 24.4. The molecule has 0 radical (unpaired) electrons. The number of ether oxygens (including phenoxy) is 1. The highest BCUT2D eigenvalue weighted by Crippen LogP contribution is 2.43. The van der Waals surface area contributed by atoms with Crippen molar-refractivity contribution in [3.05, 3.63) is 83.3 Å². The third-order valence-corrected chi connectivity index (χ3v) is 8.88. The molecule has 1 amide bonds. The number of oxazole rings is 1. The summed E-state index contributed by atoms with van der Waals surface area (Å²) in [4.78, 5) is 37.6. The van der Waals surface area contributed by atoms with Gasteiger partial charge in [0.1, 0.15) is 6.33 Å². The number of hydrogen-bond donors (Lipinski definition) is 1. The smallest absolute Gasteiger partial charge is 0.452 e. The van der Waals surface area contributed by atoms with Crippen LogP contribution >= 0.6 is 11.3 Å². The molecule has 5 aromatic rings. The molecule has 1 fully saturated rings. The lowest BCUT2D eigenvalue weighted by atomic mass is 9.78. The molecule has 3 heterocycles. The van der Waals surface area contributed by atoms with Gasteiger partial charge in [0.15, 0.2) is 5.69 Å². The number of methoxy groups -OCH3 is 1. The topological polar surface area (TPSA) is 107 Å². The van der Waals surface area contributed by atoms with Gasteiger partial charge in [-0.05, 0) is 72.7 Å². The van der Waals surface area contributed by atoms with E-state index in [0.717, 1.165) is 47.2 Å².